The van der Waals surface area contributed by atoms with Crippen LogP contribution in [0.5, 0.6) is 0 Å². The van der Waals surface area contributed by atoms with E-state index in [2.05, 4.69) is 17.4 Å². The molecule has 0 radical (unpaired) electrons. The van der Waals surface area contributed by atoms with Gasteiger partial charge in [-0.2, -0.15) is 16.7 Å². The maximum absolute atomic E-state index is 5.62. The van der Waals surface area contributed by atoms with Crippen LogP contribution in [-0.2, 0) is 0 Å². The summed E-state index contributed by atoms with van der Waals surface area (Å²) in [5, 5.41) is 8.32. The lowest BCUT2D eigenvalue weighted by Gasteiger charge is -2.29. The van der Waals surface area contributed by atoms with Gasteiger partial charge in [-0.15, -0.1) is 0 Å². The minimum atomic E-state index is 0.415. The highest BCUT2D eigenvalue weighted by atomic mass is 32.2. The number of hydrogen-bond donors (Lipinski definition) is 1. The van der Waals surface area contributed by atoms with Gasteiger partial charge in [-0.3, -0.25) is 0 Å². The molecule has 3 unspecified atom stereocenters. The van der Waals surface area contributed by atoms with Gasteiger partial charge in [-0.1, -0.05) is 31.3 Å². The van der Waals surface area contributed by atoms with Crippen LogP contribution in [0.15, 0.2) is 4.52 Å². The summed E-state index contributed by atoms with van der Waals surface area (Å²) < 4.78 is 5.62. The van der Waals surface area contributed by atoms with Gasteiger partial charge in [0.15, 0.2) is 5.82 Å². The van der Waals surface area contributed by atoms with Crippen LogP contribution in [0.2, 0.25) is 0 Å². The summed E-state index contributed by atoms with van der Waals surface area (Å²) in [5.41, 5.74) is 0. The lowest BCUT2D eigenvalue weighted by molar-refractivity contribution is 0.264. The molecule has 3 atom stereocenters. The summed E-state index contributed by atoms with van der Waals surface area (Å²) in [5.74, 6) is 3.46. The molecule has 1 aliphatic carbocycles. The maximum Gasteiger partial charge on any atom is 0.231 e. The zero-order chi connectivity index (χ0) is 13.8. The predicted molar refractivity (Wildman–Crippen MR) is 82.0 cm³/mol. The third kappa shape index (κ3) is 3.19. The smallest absolute Gasteiger partial charge is 0.231 e. The number of nitrogens with zero attached hydrogens (tertiary/aromatic N) is 2. The van der Waals surface area contributed by atoms with Crippen LogP contribution in [0.3, 0.4) is 0 Å². The van der Waals surface area contributed by atoms with Gasteiger partial charge in [0, 0.05) is 6.04 Å². The highest BCUT2D eigenvalue weighted by Gasteiger charge is 2.31. The van der Waals surface area contributed by atoms with E-state index in [-0.39, 0.29) is 0 Å². The van der Waals surface area contributed by atoms with E-state index < -0.39 is 0 Å². The summed E-state index contributed by atoms with van der Waals surface area (Å²) in [6.45, 7) is 3.18. The van der Waals surface area contributed by atoms with E-state index in [0.717, 1.165) is 18.3 Å². The molecule has 20 heavy (non-hydrogen) atoms. The van der Waals surface area contributed by atoms with Crippen molar-refractivity contribution in [3.8, 4) is 0 Å². The van der Waals surface area contributed by atoms with Crippen molar-refractivity contribution >= 4 is 11.8 Å². The van der Waals surface area contributed by atoms with Crippen LogP contribution in [0.1, 0.15) is 74.8 Å². The first kappa shape index (κ1) is 14.4. The van der Waals surface area contributed by atoms with Crippen LogP contribution >= 0.6 is 11.8 Å². The summed E-state index contributed by atoms with van der Waals surface area (Å²) >= 11 is 1.99. The highest BCUT2D eigenvalue weighted by molar-refractivity contribution is 7.99. The van der Waals surface area contributed by atoms with Crippen molar-refractivity contribution in [2.45, 2.75) is 69.1 Å². The Bertz CT molecular complexity index is 415. The Morgan fingerprint density at radius 1 is 1.20 bits per heavy atom. The first-order chi connectivity index (χ1) is 9.88. The third-order valence-electron chi connectivity index (χ3n) is 4.47. The number of aromatic nitrogens is 2. The Morgan fingerprint density at radius 3 is 2.85 bits per heavy atom. The molecule has 1 saturated heterocycles. The minimum Gasteiger partial charge on any atom is -0.339 e. The molecule has 0 bridgehead atoms. The van der Waals surface area contributed by atoms with Crippen molar-refractivity contribution < 1.29 is 4.52 Å². The minimum absolute atomic E-state index is 0.415. The Kier molecular flexibility index (Phi) is 4.99. The molecule has 1 N–H and O–H groups in total. The number of nitrogens with one attached hydrogen (secondary N) is 1. The Hall–Kier alpha value is -0.550. The van der Waals surface area contributed by atoms with Crippen LogP contribution in [0, 0.1) is 0 Å². The lowest BCUT2D eigenvalue weighted by atomic mass is 9.84. The van der Waals surface area contributed by atoms with E-state index in [1.165, 1.54) is 50.7 Å². The molecule has 2 fully saturated rings. The van der Waals surface area contributed by atoms with Crippen molar-refractivity contribution in [2.24, 2.45) is 0 Å². The summed E-state index contributed by atoms with van der Waals surface area (Å²) in [7, 11) is 0. The topological polar surface area (TPSA) is 51.0 Å². The van der Waals surface area contributed by atoms with Crippen molar-refractivity contribution in [1.82, 2.24) is 15.5 Å². The number of rotatable bonds is 4. The molecule has 0 aromatic carbocycles. The zero-order valence-corrected chi connectivity index (χ0v) is 13.1. The standard InChI is InChI=1S/C15H25N3OS/c1-2-16-12-8-4-3-7-11(12)15-17-14(18-19-15)13-9-5-6-10-20-13/h11-13,16H,2-10H2,1H3. The molecule has 0 spiro atoms. The van der Waals surface area contributed by atoms with Crippen molar-refractivity contribution in [2.75, 3.05) is 12.3 Å². The Labute approximate surface area is 125 Å². The average Bonchev–Trinajstić information content (AvgIpc) is 2.99. The summed E-state index contributed by atoms with van der Waals surface area (Å²) in [6, 6.07) is 0.515. The van der Waals surface area contributed by atoms with E-state index in [4.69, 9.17) is 9.51 Å². The molecular formula is C15H25N3OS. The molecule has 2 aliphatic rings. The normalized spacial score (nSPS) is 31.4. The summed E-state index contributed by atoms with van der Waals surface area (Å²) in [4.78, 5) is 4.75. The van der Waals surface area contributed by atoms with Gasteiger partial charge >= 0.3 is 0 Å². The van der Waals surface area contributed by atoms with E-state index in [9.17, 15) is 0 Å². The predicted octanol–water partition coefficient (Wildman–Crippen LogP) is 3.66. The van der Waals surface area contributed by atoms with Crippen molar-refractivity contribution in [1.29, 1.82) is 0 Å². The molecule has 0 amide bonds. The number of hydrogen-bond acceptors (Lipinski definition) is 5. The molecule has 3 rings (SSSR count). The molecule has 1 aliphatic heterocycles. The van der Waals surface area contributed by atoms with Crippen LogP contribution in [-0.4, -0.2) is 28.5 Å². The molecule has 1 aromatic rings. The molecule has 1 saturated carbocycles. The van der Waals surface area contributed by atoms with Crippen LogP contribution < -0.4 is 5.32 Å². The van der Waals surface area contributed by atoms with Gasteiger partial charge < -0.3 is 9.84 Å². The van der Waals surface area contributed by atoms with E-state index >= 15 is 0 Å². The maximum atomic E-state index is 5.62. The molecule has 1 aromatic heterocycles. The number of likely N-dealkylation sites (N-methyl/N-ethyl adjacent to an activating group) is 1. The average molecular weight is 295 g/mol. The second-order valence-electron chi connectivity index (χ2n) is 5.90. The largest absolute Gasteiger partial charge is 0.339 e. The fourth-order valence-electron chi connectivity index (χ4n) is 3.41. The van der Waals surface area contributed by atoms with Gasteiger partial charge in [0.05, 0.1) is 11.2 Å². The Morgan fingerprint density at radius 2 is 2.05 bits per heavy atom. The van der Waals surface area contributed by atoms with E-state index in [1.807, 2.05) is 11.8 Å². The Balaban J connectivity index is 1.70. The highest BCUT2D eigenvalue weighted by Crippen LogP contribution is 2.38. The fourth-order valence-corrected chi connectivity index (χ4v) is 4.64. The number of thioether (sulfide) groups is 1. The molecule has 2 heterocycles. The first-order valence-electron chi connectivity index (χ1n) is 8.07. The zero-order valence-electron chi connectivity index (χ0n) is 12.3. The first-order valence-corrected chi connectivity index (χ1v) is 9.12. The monoisotopic (exact) mass is 295 g/mol. The van der Waals surface area contributed by atoms with Crippen molar-refractivity contribution in [3.63, 3.8) is 0 Å². The fraction of sp³-hybridized carbons (Fsp3) is 0.867. The molecule has 4 nitrogen and oxygen atoms in total. The van der Waals surface area contributed by atoms with Gasteiger partial charge in [-0.05, 0) is 38.0 Å². The third-order valence-corrected chi connectivity index (χ3v) is 5.85. The SMILES string of the molecule is CCNC1CCCCC1c1nc(C2CCCCS2)no1. The second kappa shape index (κ2) is 6.94. The van der Waals surface area contributed by atoms with Gasteiger partial charge in [0.25, 0.3) is 0 Å². The van der Waals surface area contributed by atoms with E-state index in [0.29, 0.717) is 17.2 Å². The van der Waals surface area contributed by atoms with Gasteiger partial charge in [-0.25, -0.2) is 0 Å². The quantitative estimate of drug-likeness (QED) is 0.918. The molecule has 112 valence electrons. The van der Waals surface area contributed by atoms with E-state index in [1.54, 1.807) is 0 Å². The molecular weight excluding hydrogens is 270 g/mol. The van der Waals surface area contributed by atoms with Gasteiger partial charge in [0.2, 0.25) is 5.89 Å². The molecule has 5 heteroatoms. The van der Waals surface area contributed by atoms with Crippen LogP contribution in [0.25, 0.3) is 0 Å². The second-order valence-corrected chi connectivity index (χ2v) is 7.21. The van der Waals surface area contributed by atoms with Gasteiger partial charge in [0.1, 0.15) is 0 Å². The van der Waals surface area contributed by atoms with Crippen LogP contribution in [0.4, 0.5) is 0 Å². The summed E-state index contributed by atoms with van der Waals surface area (Å²) in [6.07, 6.45) is 8.83. The lowest BCUT2D eigenvalue weighted by Crippen LogP contribution is -2.37. The van der Waals surface area contributed by atoms with Crippen molar-refractivity contribution in [3.05, 3.63) is 11.7 Å².